The van der Waals surface area contributed by atoms with Gasteiger partial charge in [0, 0.05) is 13.2 Å². The molecule has 0 aliphatic carbocycles. The van der Waals surface area contributed by atoms with Gasteiger partial charge in [0.1, 0.15) is 5.69 Å². The lowest BCUT2D eigenvalue weighted by molar-refractivity contribution is -0.141. The standard InChI is InChI=1S/C12H15F3N2O2/c1-7(6-19-3)16-11(18)9-4-5-10(12(13,14)15)17-8(9)2/h4-5,7H,6H2,1-3H3,(H,16,18). The molecule has 0 saturated carbocycles. The number of nitrogens with zero attached hydrogens (tertiary/aromatic N) is 1. The minimum Gasteiger partial charge on any atom is -0.383 e. The summed E-state index contributed by atoms with van der Waals surface area (Å²) in [5.74, 6) is -0.469. The van der Waals surface area contributed by atoms with Crippen molar-refractivity contribution in [1.82, 2.24) is 10.3 Å². The van der Waals surface area contributed by atoms with Crippen LogP contribution in [0.25, 0.3) is 0 Å². The zero-order valence-corrected chi connectivity index (χ0v) is 10.8. The van der Waals surface area contributed by atoms with Gasteiger partial charge in [-0.05, 0) is 26.0 Å². The Bertz CT molecular complexity index is 461. The van der Waals surface area contributed by atoms with E-state index in [2.05, 4.69) is 10.3 Å². The highest BCUT2D eigenvalue weighted by atomic mass is 19.4. The van der Waals surface area contributed by atoms with Crippen LogP contribution in [0.5, 0.6) is 0 Å². The quantitative estimate of drug-likeness (QED) is 0.917. The number of carbonyl (C=O) groups excluding carboxylic acids is 1. The predicted octanol–water partition coefficient (Wildman–Crippen LogP) is 2.17. The number of hydrogen-bond donors (Lipinski definition) is 1. The normalized spacial score (nSPS) is 13.2. The first-order valence-corrected chi connectivity index (χ1v) is 5.60. The van der Waals surface area contributed by atoms with Gasteiger partial charge in [-0.1, -0.05) is 0 Å². The molecule has 0 aromatic carbocycles. The number of halogens is 3. The molecule has 1 amide bonds. The molecule has 19 heavy (non-hydrogen) atoms. The number of aromatic nitrogens is 1. The second kappa shape index (κ2) is 6.01. The average Bonchev–Trinajstić information content (AvgIpc) is 2.27. The molecule has 1 unspecified atom stereocenters. The number of carbonyl (C=O) groups is 1. The Balaban J connectivity index is 2.88. The molecular weight excluding hydrogens is 261 g/mol. The molecule has 0 spiro atoms. The van der Waals surface area contributed by atoms with Crippen LogP contribution in [0.15, 0.2) is 12.1 Å². The Morgan fingerprint density at radius 1 is 1.47 bits per heavy atom. The largest absolute Gasteiger partial charge is 0.433 e. The highest BCUT2D eigenvalue weighted by Crippen LogP contribution is 2.28. The number of alkyl halides is 3. The molecule has 1 aromatic heterocycles. The third-order valence-corrected chi connectivity index (χ3v) is 2.42. The third-order valence-electron chi connectivity index (χ3n) is 2.42. The van der Waals surface area contributed by atoms with Crippen LogP contribution in [0, 0.1) is 6.92 Å². The van der Waals surface area contributed by atoms with Gasteiger partial charge >= 0.3 is 6.18 Å². The summed E-state index contributed by atoms with van der Waals surface area (Å²) in [7, 11) is 1.49. The first-order valence-electron chi connectivity index (χ1n) is 5.60. The van der Waals surface area contributed by atoms with Crippen molar-refractivity contribution in [3.8, 4) is 0 Å². The van der Waals surface area contributed by atoms with Crippen molar-refractivity contribution in [3.05, 3.63) is 29.1 Å². The molecule has 0 radical (unpaired) electrons. The maximum absolute atomic E-state index is 12.4. The highest BCUT2D eigenvalue weighted by Gasteiger charge is 2.33. The molecular formula is C12H15F3N2O2. The van der Waals surface area contributed by atoms with Crippen LogP contribution in [0.1, 0.15) is 28.7 Å². The highest BCUT2D eigenvalue weighted by molar-refractivity contribution is 5.95. The molecule has 0 aliphatic rings. The Hall–Kier alpha value is -1.63. The summed E-state index contributed by atoms with van der Waals surface area (Å²) in [5, 5.41) is 2.61. The molecule has 1 aromatic rings. The fourth-order valence-corrected chi connectivity index (χ4v) is 1.55. The van der Waals surface area contributed by atoms with E-state index in [0.29, 0.717) is 6.61 Å². The number of nitrogens with one attached hydrogen (secondary N) is 1. The molecule has 1 atom stereocenters. The van der Waals surface area contributed by atoms with Crippen LogP contribution in [-0.2, 0) is 10.9 Å². The second-order valence-electron chi connectivity index (χ2n) is 4.16. The molecule has 1 N–H and O–H groups in total. The summed E-state index contributed by atoms with van der Waals surface area (Å²) in [4.78, 5) is 15.2. The van der Waals surface area contributed by atoms with E-state index in [-0.39, 0.29) is 17.3 Å². The van der Waals surface area contributed by atoms with E-state index in [1.807, 2.05) is 0 Å². The number of methoxy groups -OCH3 is 1. The fourth-order valence-electron chi connectivity index (χ4n) is 1.55. The van der Waals surface area contributed by atoms with E-state index >= 15 is 0 Å². The van der Waals surface area contributed by atoms with Gasteiger partial charge in [0.25, 0.3) is 5.91 Å². The number of ether oxygens (including phenoxy) is 1. The van der Waals surface area contributed by atoms with E-state index < -0.39 is 17.8 Å². The lowest BCUT2D eigenvalue weighted by Crippen LogP contribution is -2.36. The van der Waals surface area contributed by atoms with Crippen LogP contribution < -0.4 is 5.32 Å². The van der Waals surface area contributed by atoms with Crippen molar-refractivity contribution >= 4 is 5.91 Å². The topological polar surface area (TPSA) is 51.2 Å². The lowest BCUT2D eigenvalue weighted by atomic mass is 10.1. The van der Waals surface area contributed by atoms with Crippen LogP contribution >= 0.6 is 0 Å². The van der Waals surface area contributed by atoms with Gasteiger partial charge in [-0.3, -0.25) is 4.79 Å². The van der Waals surface area contributed by atoms with Crippen LogP contribution in [0.2, 0.25) is 0 Å². The monoisotopic (exact) mass is 276 g/mol. The predicted molar refractivity (Wildman–Crippen MR) is 62.8 cm³/mol. The molecule has 7 heteroatoms. The van der Waals surface area contributed by atoms with Gasteiger partial charge in [0.05, 0.1) is 17.9 Å². The zero-order chi connectivity index (χ0) is 14.6. The van der Waals surface area contributed by atoms with Gasteiger partial charge in [0.2, 0.25) is 0 Å². The average molecular weight is 276 g/mol. The Morgan fingerprint density at radius 3 is 2.58 bits per heavy atom. The fraction of sp³-hybridized carbons (Fsp3) is 0.500. The molecule has 0 fully saturated rings. The third kappa shape index (κ3) is 4.20. The van der Waals surface area contributed by atoms with Gasteiger partial charge in [-0.15, -0.1) is 0 Å². The van der Waals surface area contributed by atoms with Crippen molar-refractivity contribution in [2.45, 2.75) is 26.1 Å². The molecule has 0 saturated heterocycles. The van der Waals surface area contributed by atoms with Crippen molar-refractivity contribution in [3.63, 3.8) is 0 Å². The zero-order valence-electron chi connectivity index (χ0n) is 10.8. The molecule has 0 bridgehead atoms. The van der Waals surface area contributed by atoms with Crippen LogP contribution in [0.4, 0.5) is 13.2 Å². The molecule has 106 valence electrons. The minimum atomic E-state index is -4.51. The molecule has 1 heterocycles. The summed E-state index contributed by atoms with van der Waals surface area (Å²) in [6.07, 6.45) is -4.51. The summed E-state index contributed by atoms with van der Waals surface area (Å²) >= 11 is 0. The van der Waals surface area contributed by atoms with E-state index in [1.165, 1.54) is 14.0 Å². The first kappa shape index (κ1) is 15.4. The molecule has 1 rings (SSSR count). The van der Waals surface area contributed by atoms with E-state index in [4.69, 9.17) is 4.74 Å². The van der Waals surface area contributed by atoms with Crippen LogP contribution in [0.3, 0.4) is 0 Å². The SMILES string of the molecule is COCC(C)NC(=O)c1ccc(C(F)(F)F)nc1C. The first-order chi connectivity index (χ1) is 8.75. The summed E-state index contributed by atoms with van der Waals surface area (Å²) in [5.41, 5.74) is -0.848. The van der Waals surface area contributed by atoms with Crippen LogP contribution in [-0.4, -0.2) is 30.6 Å². The number of hydrogen-bond acceptors (Lipinski definition) is 3. The van der Waals surface area contributed by atoms with E-state index in [9.17, 15) is 18.0 Å². The number of amides is 1. The van der Waals surface area contributed by atoms with Gasteiger partial charge in [0.15, 0.2) is 0 Å². The number of rotatable bonds is 4. The Morgan fingerprint density at radius 2 is 2.11 bits per heavy atom. The Labute approximate surface area is 109 Å². The Kier molecular flexibility index (Phi) is 4.88. The van der Waals surface area contributed by atoms with Gasteiger partial charge in [-0.2, -0.15) is 13.2 Å². The summed E-state index contributed by atoms with van der Waals surface area (Å²) < 4.78 is 42.2. The smallest absolute Gasteiger partial charge is 0.383 e. The van der Waals surface area contributed by atoms with Crippen molar-refractivity contribution < 1.29 is 22.7 Å². The second-order valence-corrected chi connectivity index (χ2v) is 4.16. The summed E-state index contributed by atoms with van der Waals surface area (Å²) in [6.45, 7) is 3.41. The molecule has 0 aliphatic heterocycles. The van der Waals surface area contributed by atoms with E-state index in [0.717, 1.165) is 12.1 Å². The van der Waals surface area contributed by atoms with Gasteiger partial charge < -0.3 is 10.1 Å². The number of pyridine rings is 1. The van der Waals surface area contributed by atoms with Crippen molar-refractivity contribution in [2.75, 3.05) is 13.7 Å². The maximum Gasteiger partial charge on any atom is 0.433 e. The molecule has 4 nitrogen and oxygen atoms in total. The minimum absolute atomic E-state index is 0.0388. The van der Waals surface area contributed by atoms with Crippen molar-refractivity contribution in [1.29, 1.82) is 0 Å². The van der Waals surface area contributed by atoms with Crippen molar-refractivity contribution in [2.24, 2.45) is 0 Å². The number of aryl methyl sites for hydroxylation is 1. The van der Waals surface area contributed by atoms with Gasteiger partial charge in [-0.25, -0.2) is 4.98 Å². The lowest BCUT2D eigenvalue weighted by Gasteiger charge is -2.14. The van der Waals surface area contributed by atoms with E-state index in [1.54, 1.807) is 6.92 Å². The summed E-state index contributed by atoms with van der Waals surface area (Å²) in [6, 6.07) is 1.68. The maximum atomic E-state index is 12.4.